The first-order valence-electron chi connectivity index (χ1n) is 10.4. The molecule has 1 aliphatic heterocycles. The van der Waals surface area contributed by atoms with Crippen LogP contribution >= 0.6 is 11.6 Å². The first-order chi connectivity index (χ1) is 15.6. The Labute approximate surface area is 190 Å². The standard InChI is InChI=1S/C24H22ClN4O3/c25-19-7-8-21-18(15-19)6-5-17-3-1-9-26-22(17)23(21)27-11-13-28(14-12-27)24(30)32-20-4-2-10-29(31)16-20/h1-10,15-16,23,31H,11-14H2/q+1. The van der Waals surface area contributed by atoms with Gasteiger partial charge in [0, 0.05) is 48.2 Å². The molecule has 2 aromatic heterocycles. The van der Waals surface area contributed by atoms with E-state index in [1.807, 2.05) is 24.4 Å². The van der Waals surface area contributed by atoms with Crippen LogP contribution in [-0.2, 0) is 0 Å². The maximum absolute atomic E-state index is 12.6. The molecule has 0 saturated carbocycles. The van der Waals surface area contributed by atoms with E-state index in [2.05, 4.69) is 29.2 Å². The van der Waals surface area contributed by atoms with Gasteiger partial charge < -0.3 is 9.64 Å². The van der Waals surface area contributed by atoms with Crippen LogP contribution in [0.1, 0.15) is 28.4 Å². The maximum Gasteiger partial charge on any atom is 0.415 e. The minimum atomic E-state index is -0.427. The molecule has 8 heteroatoms. The van der Waals surface area contributed by atoms with Crippen LogP contribution in [0.3, 0.4) is 0 Å². The fourth-order valence-electron chi connectivity index (χ4n) is 4.27. The summed E-state index contributed by atoms with van der Waals surface area (Å²) in [5.41, 5.74) is 4.30. The zero-order valence-electron chi connectivity index (χ0n) is 17.3. The number of piperazine rings is 1. The molecule has 2 aliphatic rings. The Kier molecular flexibility index (Phi) is 5.51. The Hall–Kier alpha value is -3.42. The first-order valence-corrected chi connectivity index (χ1v) is 10.8. The maximum atomic E-state index is 12.6. The van der Waals surface area contributed by atoms with E-state index in [9.17, 15) is 10.0 Å². The highest BCUT2D eigenvalue weighted by Gasteiger charge is 2.32. The molecule has 0 spiro atoms. The molecule has 5 rings (SSSR count). The van der Waals surface area contributed by atoms with Gasteiger partial charge in [0.05, 0.1) is 11.7 Å². The van der Waals surface area contributed by atoms with Gasteiger partial charge in [0.15, 0.2) is 0 Å². The molecule has 1 aliphatic carbocycles. The van der Waals surface area contributed by atoms with Gasteiger partial charge in [-0.3, -0.25) is 15.1 Å². The lowest BCUT2D eigenvalue weighted by molar-refractivity contribution is -0.904. The summed E-state index contributed by atoms with van der Waals surface area (Å²) in [6.07, 6.45) is 8.36. The summed E-state index contributed by atoms with van der Waals surface area (Å²) in [5, 5.41) is 10.2. The molecule has 1 amide bonds. The monoisotopic (exact) mass is 449 g/mol. The van der Waals surface area contributed by atoms with Gasteiger partial charge >= 0.3 is 6.09 Å². The highest BCUT2D eigenvalue weighted by Crippen LogP contribution is 2.37. The van der Waals surface area contributed by atoms with Crippen LogP contribution in [0, 0.1) is 0 Å². The highest BCUT2D eigenvalue weighted by atomic mass is 35.5. The number of carbonyl (C=O) groups is 1. The molecule has 7 nitrogen and oxygen atoms in total. The third-order valence-corrected chi connectivity index (χ3v) is 6.05. The lowest BCUT2D eigenvalue weighted by Crippen LogP contribution is -2.50. The van der Waals surface area contributed by atoms with Crippen LogP contribution in [-0.4, -0.2) is 52.3 Å². The number of pyridine rings is 2. The molecule has 1 unspecified atom stereocenters. The van der Waals surface area contributed by atoms with E-state index in [1.54, 1.807) is 17.0 Å². The summed E-state index contributed by atoms with van der Waals surface area (Å²) in [7, 11) is 0. The zero-order chi connectivity index (χ0) is 22.1. The van der Waals surface area contributed by atoms with Crippen LogP contribution in [0.25, 0.3) is 12.2 Å². The minimum Gasteiger partial charge on any atom is -0.404 e. The van der Waals surface area contributed by atoms with Gasteiger partial charge in [-0.25, -0.2) is 4.79 Å². The minimum absolute atomic E-state index is 0.0332. The number of aromatic nitrogens is 2. The summed E-state index contributed by atoms with van der Waals surface area (Å²) < 4.78 is 6.27. The van der Waals surface area contributed by atoms with Gasteiger partial charge in [0.2, 0.25) is 11.9 Å². The number of ether oxygens (including phenoxy) is 1. The van der Waals surface area contributed by atoms with E-state index in [1.165, 1.54) is 12.4 Å². The normalized spacial score (nSPS) is 17.9. The largest absolute Gasteiger partial charge is 0.415 e. The summed E-state index contributed by atoms with van der Waals surface area (Å²) in [4.78, 5) is 21.4. The van der Waals surface area contributed by atoms with E-state index in [4.69, 9.17) is 21.3 Å². The number of halogens is 1. The average Bonchev–Trinajstić information content (AvgIpc) is 2.96. The third-order valence-electron chi connectivity index (χ3n) is 5.82. The van der Waals surface area contributed by atoms with Gasteiger partial charge in [-0.15, -0.1) is 0 Å². The molecule has 1 atom stereocenters. The van der Waals surface area contributed by atoms with Crippen molar-refractivity contribution in [2.24, 2.45) is 0 Å². The number of rotatable bonds is 2. The second kappa shape index (κ2) is 8.61. The van der Waals surface area contributed by atoms with Gasteiger partial charge in [0.25, 0.3) is 6.20 Å². The van der Waals surface area contributed by atoms with Crippen LogP contribution in [0.5, 0.6) is 5.75 Å². The Balaban J connectivity index is 1.36. The molecule has 3 aromatic rings. The van der Waals surface area contributed by atoms with Gasteiger partial charge in [0.1, 0.15) is 0 Å². The second-order valence-electron chi connectivity index (χ2n) is 7.80. The highest BCUT2D eigenvalue weighted by molar-refractivity contribution is 6.30. The number of amides is 1. The number of carbonyl (C=O) groups excluding carboxylic acids is 1. The van der Waals surface area contributed by atoms with Crippen LogP contribution < -0.4 is 9.47 Å². The molecule has 1 fully saturated rings. The van der Waals surface area contributed by atoms with E-state index in [-0.39, 0.29) is 6.04 Å². The smallest absolute Gasteiger partial charge is 0.404 e. The molecule has 162 valence electrons. The Morgan fingerprint density at radius 1 is 1.09 bits per heavy atom. The molecular formula is C24H22ClN4O3+. The van der Waals surface area contributed by atoms with E-state index < -0.39 is 6.09 Å². The Morgan fingerprint density at radius 3 is 2.72 bits per heavy atom. The van der Waals surface area contributed by atoms with Crippen LogP contribution in [0.2, 0.25) is 5.02 Å². The molecule has 1 saturated heterocycles. The van der Waals surface area contributed by atoms with Crippen molar-refractivity contribution in [3.05, 3.63) is 88.5 Å². The van der Waals surface area contributed by atoms with Crippen molar-refractivity contribution in [3.63, 3.8) is 0 Å². The Morgan fingerprint density at radius 2 is 1.91 bits per heavy atom. The molecule has 3 heterocycles. The fraction of sp³-hybridized carbons (Fsp3) is 0.208. The van der Waals surface area contributed by atoms with Crippen molar-refractivity contribution in [1.29, 1.82) is 0 Å². The van der Waals surface area contributed by atoms with E-state index in [0.717, 1.165) is 27.1 Å². The number of benzene rings is 1. The van der Waals surface area contributed by atoms with Crippen molar-refractivity contribution >= 4 is 29.8 Å². The number of nitrogens with zero attached hydrogens (tertiary/aromatic N) is 4. The topological polar surface area (TPSA) is 69.8 Å². The quantitative estimate of drug-likeness (QED) is 0.477. The lowest BCUT2D eigenvalue weighted by Gasteiger charge is -2.39. The first kappa shape index (κ1) is 20.5. The molecular weight excluding hydrogens is 428 g/mol. The summed E-state index contributed by atoms with van der Waals surface area (Å²) in [6.45, 7) is 2.40. The van der Waals surface area contributed by atoms with E-state index in [0.29, 0.717) is 37.0 Å². The fourth-order valence-corrected chi connectivity index (χ4v) is 4.45. The second-order valence-corrected chi connectivity index (χ2v) is 8.23. The molecule has 0 radical (unpaired) electrons. The Bertz CT molecular complexity index is 1190. The van der Waals surface area contributed by atoms with Crippen molar-refractivity contribution in [1.82, 2.24) is 14.8 Å². The van der Waals surface area contributed by atoms with Crippen molar-refractivity contribution in [2.45, 2.75) is 6.04 Å². The molecule has 1 N–H and O–H groups in total. The number of hydrogen-bond donors (Lipinski definition) is 1. The lowest BCUT2D eigenvalue weighted by atomic mass is 9.96. The summed E-state index contributed by atoms with van der Waals surface area (Å²) in [6, 6.07) is 13.2. The van der Waals surface area contributed by atoms with Gasteiger partial charge in [-0.1, -0.05) is 35.9 Å². The molecule has 32 heavy (non-hydrogen) atoms. The van der Waals surface area contributed by atoms with Crippen molar-refractivity contribution < 1.29 is 19.5 Å². The third kappa shape index (κ3) is 4.04. The predicted molar refractivity (Wildman–Crippen MR) is 119 cm³/mol. The summed E-state index contributed by atoms with van der Waals surface area (Å²) >= 11 is 6.27. The zero-order valence-corrected chi connectivity index (χ0v) is 18.0. The van der Waals surface area contributed by atoms with Crippen molar-refractivity contribution in [3.8, 4) is 5.75 Å². The predicted octanol–water partition coefficient (Wildman–Crippen LogP) is 3.65. The average molecular weight is 450 g/mol. The van der Waals surface area contributed by atoms with E-state index >= 15 is 0 Å². The summed E-state index contributed by atoms with van der Waals surface area (Å²) in [5.74, 6) is 0.293. The van der Waals surface area contributed by atoms with Gasteiger partial charge in [-0.05, 0) is 41.0 Å². The molecule has 1 aromatic carbocycles. The van der Waals surface area contributed by atoms with Crippen LogP contribution in [0.4, 0.5) is 4.79 Å². The number of fused-ring (bicyclic) bond motifs is 2. The van der Waals surface area contributed by atoms with Gasteiger partial charge in [-0.2, -0.15) is 0 Å². The number of hydrogen-bond acceptors (Lipinski definition) is 5. The van der Waals surface area contributed by atoms with Crippen LogP contribution in [0.15, 0.2) is 61.1 Å². The van der Waals surface area contributed by atoms with Crippen molar-refractivity contribution in [2.75, 3.05) is 26.2 Å². The molecule has 0 bridgehead atoms. The SMILES string of the molecule is O=C(Oc1ccc[n+](O)c1)N1CCN(C2c3ccc(Cl)cc3C=Cc3cccnc32)CC1.